The van der Waals surface area contributed by atoms with Gasteiger partial charge in [-0.15, -0.1) is 0 Å². The smallest absolute Gasteiger partial charge is 0.323 e. The molecule has 1 N–H and O–H groups in total. The number of anilines is 2. The van der Waals surface area contributed by atoms with Gasteiger partial charge in [0.25, 0.3) is 0 Å². The molecule has 1 aliphatic heterocycles. The number of rotatable bonds is 5. The van der Waals surface area contributed by atoms with Gasteiger partial charge in [0.15, 0.2) is 0 Å². The Kier molecular flexibility index (Phi) is 4.85. The minimum absolute atomic E-state index is 0.315. The maximum Gasteiger partial charge on any atom is 0.323 e. The van der Waals surface area contributed by atoms with Crippen LogP contribution < -0.4 is 15.0 Å². The SMILES string of the molecule is CCCOc1nc(NC)nc(N2CCC(C(C)(C)C)C2)n1. The maximum absolute atomic E-state index is 5.56. The van der Waals surface area contributed by atoms with Crippen molar-refractivity contribution in [2.24, 2.45) is 11.3 Å². The summed E-state index contributed by atoms with van der Waals surface area (Å²) in [6.07, 6.45) is 2.11. The van der Waals surface area contributed by atoms with Crippen molar-refractivity contribution in [2.75, 3.05) is 37.0 Å². The van der Waals surface area contributed by atoms with Crippen LogP contribution in [-0.2, 0) is 0 Å². The fraction of sp³-hybridized carbons (Fsp3) is 0.800. The normalized spacial score (nSPS) is 18.9. The fourth-order valence-corrected chi connectivity index (χ4v) is 2.51. The van der Waals surface area contributed by atoms with Gasteiger partial charge in [-0.1, -0.05) is 27.7 Å². The van der Waals surface area contributed by atoms with Crippen molar-refractivity contribution >= 4 is 11.9 Å². The molecule has 2 rings (SSSR count). The average Bonchev–Trinajstić information content (AvgIpc) is 2.94. The fourth-order valence-electron chi connectivity index (χ4n) is 2.51. The van der Waals surface area contributed by atoms with Gasteiger partial charge in [0, 0.05) is 20.1 Å². The van der Waals surface area contributed by atoms with Crippen LogP contribution in [-0.4, -0.2) is 41.7 Å². The van der Waals surface area contributed by atoms with Crippen LogP contribution in [0.4, 0.5) is 11.9 Å². The third-order valence-corrected chi connectivity index (χ3v) is 3.96. The van der Waals surface area contributed by atoms with Crippen molar-refractivity contribution in [1.82, 2.24) is 15.0 Å². The molecule has 1 fully saturated rings. The van der Waals surface area contributed by atoms with E-state index in [2.05, 4.69) is 52.9 Å². The summed E-state index contributed by atoms with van der Waals surface area (Å²) in [4.78, 5) is 15.4. The van der Waals surface area contributed by atoms with Gasteiger partial charge in [-0.3, -0.25) is 0 Å². The molecule has 1 atom stereocenters. The van der Waals surface area contributed by atoms with Crippen LogP contribution in [0.1, 0.15) is 40.5 Å². The summed E-state index contributed by atoms with van der Waals surface area (Å²) in [5, 5.41) is 2.98. The van der Waals surface area contributed by atoms with Gasteiger partial charge < -0.3 is 15.0 Å². The Morgan fingerprint density at radius 3 is 2.62 bits per heavy atom. The largest absolute Gasteiger partial charge is 0.463 e. The summed E-state index contributed by atoms with van der Waals surface area (Å²) in [6.45, 7) is 11.6. The first kappa shape index (κ1) is 15.8. The van der Waals surface area contributed by atoms with E-state index in [-0.39, 0.29) is 0 Å². The van der Waals surface area contributed by atoms with Gasteiger partial charge >= 0.3 is 6.01 Å². The molecule has 1 aliphatic rings. The third kappa shape index (κ3) is 3.95. The van der Waals surface area contributed by atoms with Crippen LogP contribution in [0.5, 0.6) is 6.01 Å². The Labute approximate surface area is 127 Å². The molecule has 6 heteroatoms. The van der Waals surface area contributed by atoms with Crippen molar-refractivity contribution < 1.29 is 4.74 Å². The zero-order chi connectivity index (χ0) is 15.5. The number of nitrogens with zero attached hydrogens (tertiary/aromatic N) is 4. The molecule has 0 saturated carbocycles. The van der Waals surface area contributed by atoms with Gasteiger partial charge in [-0.2, -0.15) is 15.0 Å². The van der Waals surface area contributed by atoms with E-state index in [4.69, 9.17) is 4.74 Å². The molecule has 1 saturated heterocycles. The van der Waals surface area contributed by atoms with Gasteiger partial charge in [-0.05, 0) is 24.2 Å². The number of aromatic nitrogens is 3. The molecular formula is C15H27N5O. The van der Waals surface area contributed by atoms with Crippen LogP contribution in [0.2, 0.25) is 0 Å². The zero-order valence-corrected chi connectivity index (χ0v) is 13.8. The molecule has 118 valence electrons. The molecule has 0 spiro atoms. The molecule has 2 heterocycles. The Hall–Kier alpha value is -1.59. The van der Waals surface area contributed by atoms with Crippen molar-refractivity contribution in [3.05, 3.63) is 0 Å². The van der Waals surface area contributed by atoms with Gasteiger partial charge in [0.05, 0.1) is 6.61 Å². The molecule has 0 bridgehead atoms. The Balaban J connectivity index is 2.15. The molecule has 1 aromatic heterocycles. The van der Waals surface area contributed by atoms with Crippen molar-refractivity contribution in [3.8, 4) is 6.01 Å². The maximum atomic E-state index is 5.56. The predicted molar refractivity (Wildman–Crippen MR) is 84.9 cm³/mol. The summed E-state index contributed by atoms with van der Waals surface area (Å²) >= 11 is 0. The summed E-state index contributed by atoms with van der Waals surface area (Å²) in [5.74, 6) is 1.94. The molecule has 0 radical (unpaired) electrons. The van der Waals surface area contributed by atoms with E-state index < -0.39 is 0 Å². The minimum atomic E-state index is 0.315. The topological polar surface area (TPSA) is 63.2 Å². The second-order valence-electron chi connectivity index (χ2n) is 6.64. The van der Waals surface area contributed by atoms with Crippen LogP contribution in [0.3, 0.4) is 0 Å². The van der Waals surface area contributed by atoms with Crippen LogP contribution in [0.25, 0.3) is 0 Å². The lowest BCUT2D eigenvalue weighted by Gasteiger charge is -2.27. The molecule has 0 aliphatic carbocycles. The van der Waals surface area contributed by atoms with E-state index in [9.17, 15) is 0 Å². The van der Waals surface area contributed by atoms with Crippen LogP contribution in [0, 0.1) is 11.3 Å². The minimum Gasteiger partial charge on any atom is -0.463 e. The van der Waals surface area contributed by atoms with E-state index >= 15 is 0 Å². The zero-order valence-electron chi connectivity index (χ0n) is 13.8. The van der Waals surface area contributed by atoms with Gasteiger partial charge in [-0.25, -0.2) is 0 Å². The van der Waals surface area contributed by atoms with Crippen molar-refractivity contribution in [1.29, 1.82) is 0 Å². The second-order valence-corrected chi connectivity index (χ2v) is 6.64. The third-order valence-electron chi connectivity index (χ3n) is 3.96. The molecule has 21 heavy (non-hydrogen) atoms. The lowest BCUT2D eigenvalue weighted by Crippen LogP contribution is -2.27. The predicted octanol–water partition coefficient (Wildman–Crippen LogP) is 2.57. The van der Waals surface area contributed by atoms with Gasteiger partial charge in [0.1, 0.15) is 0 Å². The highest BCUT2D eigenvalue weighted by Crippen LogP contribution is 2.35. The summed E-state index contributed by atoms with van der Waals surface area (Å²) in [6, 6.07) is 0.408. The summed E-state index contributed by atoms with van der Waals surface area (Å²) < 4.78 is 5.56. The molecule has 1 unspecified atom stereocenters. The van der Waals surface area contributed by atoms with Crippen LogP contribution >= 0.6 is 0 Å². The summed E-state index contributed by atoms with van der Waals surface area (Å²) in [5.41, 5.74) is 0.315. The summed E-state index contributed by atoms with van der Waals surface area (Å²) in [7, 11) is 1.81. The highest BCUT2D eigenvalue weighted by molar-refractivity contribution is 5.39. The Morgan fingerprint density at radius 2 is 2.05 bits per heavy atom. The molecule has 1 aromatic rings. The van der Waals surface area contributed by atoms with E-state index in [1.54, 1.807) is 0 Å². The first-order chi connectivity index (χ1) is 9.94. The van der Waals surface area contributed by atoms with E-state index in [0.717, 1.165) is 19.5 Å². The highest BCUT2D eigenvalue weighted by Gasteiger charge is 2.33. The first-order valence-electron chi connectivity index (χ1n) is 7.75. The number of hydrogen-bond acceptors (Lipinski definition) is 6. The lowest BCUT2D eigenvalue weighted by molar-refractivity contribution is 0.263. The van der Waals surface area contributed by atoms with E-state index in [1.807, 2.05) is 7.05 Å². The monoisotopic (exact) mass is 293 g/mol. The van der Waals surface area contributed by atoms with Crippen LogP contribution in [0.15, 0.2) is 0 Å². The number of hydrogen-bond donors (Lipinski definition) is 1. The highest BCUT2D eigenvalue weighted by atomic mass is 16.5. The average molecular weight is 293 g/mol. The van der Waals surface area contributed by atoms with E-state index in [0.29, 0.717) is 35.8 Å². The number of nitrogens with one attached hydrogen (secondary N) is 1. The molecular weight excluding hydrogens is 266 g/mol. The quantitative estimate of drug-likeness (QED) is 0.900. The Morgan fingerprint density at radius 1 is 1.29 bits per heavy atom. The van der Waals surface area contributed by atoms with Gasteiger partial charge in [0.2, 0.25) is 11.9 Å². The first-order valence-corrected chi connectivity index (χ1v) is 7.75. The van der Waals surface area contributed by atoms with Crippen molar-refractivity contribution in [2.45, 2.75) is 40.5 Å². The standard InChI is InChI=1S/C15H27N5O/c1-6-9-21-14-18-12(16-5)17-13(19-14)20-8-7-11(10-20)15(2,3)4/h11H,6-10H2,1-5H3,(H,16,17,18,19). The molecule has 0 amide bonds. The Bertz CT molecular complexity index is 472. The second kappa shape index (κ2) is 6.45. The van der Waals surface area contributed by atoms with E-state index in [1.165, 1.54) is 6.42 Å². The molecule has 0 aromatic carbocycles. The lowest BCUT2D eigenvalue weighted by atomic mass is 9.80. The number of ether oxygens (including phenoxy) is 1. The van der Waals surface area contributed by atoms with Crippen molar-refractivity contribution in [3.63, 3.8) is 0 Å². The molecule has 6 nitrogen and oxygen atoms in total.